The van der Waals surface area contributed by atoms with Crippen LogP contribution in [0.4, 0.5) is 0 Å². The molecule has 0 aliphatic heterocycles. The third-order valence-electron chi connectivity index (χ3n) is 2.47. The summed E-state index contributed by atoms with van der Waals surface area (Å²) in [6.07, 6.45) is 0. The Bertz CT molecular complexity index is 587. The second-order valence-electron chi connectivity index (χ2n) is 3.78. The second-order valence-corrected chi connectivity index (χ2v) is 5.05. The average Bonchev–Trinajstić information content (AvgIpc) is 2.61. The molecule has 0 bridgehead atoms. The van der Waals surface area contributed by atoms with Crippen LogP contribution in [0.15, 0.2) is 33.2 Å². The van der Waals surface area contributed by atoms with Gasteiger partial charge in [-0.2, -0.15) is 0 Å². The van der Waals surface area contributed by atoms with E-state index in [0.29, 0.717) is 26.4 Å². The van der Waals surface area contributed by atoms with Gasteiger partial charge in [0.1, 0.15) is 11.5 Å². The SMILES string of the molecule is Cc1cc(C(=O)c2ccc(Cl)c(Br)c2)c(C)o1. The highest BCUT2D eigenvalue weighted by atomic mass is 79.9. The topological polar surface area (TPSA) is 30.2 Å². The highest BCUT2D eigenvalue weighted by molar-refractivity contribution is 9.10. The fourth-order valence-electron chi connectivity index (χ4n) is 1.65. The lowest BCUT2D eigenvalue weighted by Gasteiger charge is -2.01. The molecule has 0 saturated carbocycles. The van der Waals surface area contributed by atoms with Crippen LogP contribution in [0.1, 0.15) is 27.4 Å². The van der Waals surface area contributed by atoms with Crippen LogP contribution in [-0.2, 0) is 0 Å². The van der Waals surface area contributed by atoms with Gasteiger partial charge < -0.3 is 4.42 Å². The van der Waals surface area contributed by atoms with Gasteiger partial charge in [-0.05, 0) is 54.0 Å². The number of benzene rings is 1. The van der Waals surface area contributed by atoms with Gasteiger partial charge in [-0.3, -0.25) is 4.79 Å². The van der Waals surface area contributed by atoms with Gasteiger partial charge in [0.25, 0.3) is 0 Å². The molecule has 0 aliphatic carbocycles. The van der Waals surface area contributed by atoms with E-state index < -0.39 is 0 Å². The molecule has 0 radical (unpaired) electrons. The summed E-state index contributed by atoms with van der Waals surface area (Å²) >= 11 is 9.19. The fraction of sp³-hybridized carbons (Fsp3) is 0.154. The quantitative estimate of drug-likeness (QED) is 0.762. The summed E-state index contributed by atoms with van der Waals surface area (Å²) in [4.78, 5) is 12.2. The number of rotatable bonds is 2. The maximum atomic E-state index is 12.2. The number of carbonyl (C=O) groups excluding carboxylic acids is 1. The van der Waals surface area contributed by atoms with Crippen molar-refractivity contribution in [3.05, 3.63) is 56.4 Å². The first-order chi connectivity index (χ1) is 7.99. The third-order valence-corrected chi connectivity index (χ3v) is 3.68. The predicted octanol–water partition coefficient (Wildman–Crippen LogP) is 4.54. The van der Waals surface area contributed by atoms with Crippen molar-refractivity contribution >= 4 is 33.3 Å². The van der Waals surface area contributed by atoms with Crippen molar-refractivity contribution in [3.63, 3.8) is 0 Å². The van der Waals surface area contributed by atoms with Crippen molar-refractivity contribution in [2.75, 3.05) is 0 Å². The van der Waals surface area contributed by atoms with Gasteiger partial charge >= 0.3 is 0 Å². The van der Waals surface area contributed by atoms with Crippen LogP contribution < -0.4 is 0 Å². The molecule has 4 heteroatoms. The summed E-state index contributed by atoms with van der Waals surface area (Å²) < 4.78 is 6.06. The number of aryl methyl sites for hydroxylation is 2. The van der Waals surface area contributed by atoms with Crippen molar-refractivity contribution in [2.45, 2.75) is 13.8 Å². The monoisotopic (exact) mass is 312 g/mol. The normalized spacial score (nSPS) is 10.6. The Balaban J connectivity index is 2.44. The molecule has 0 fully saturated rings. The highest BCUT2D eigenvalue weighted by Crippen LogP contribution is 2.25. The van der Waals surface area contributed by atoms with Crippen LogP contribution >= 0.6 is 27.5 Å². The predicted molar refractivity (Wildman–Crippen MR) is 70.8 cm³/mol. The summed E-state index contributed by atoms with van der Waals surface area (Å²) in [5, 5.41) is 0.585. The maximum Gasteiger partial charge on any atom is 0.196 e. The van der Waals surface area contributed by atoms with Crippen LogP contribution in [0.3, 0.4) is 0 Å². The Kier molecular flexibility index (Phi) is 3.40. The molecule has 0 spiro atoms. The van der Waals surface area contributed by atoms with Gasteiger partial charge in [0.2, 0.25) is 0 Å². The highest BCUT2D eigenvalue weighted by Gasteiger charge is 2.16. The van der Waals surface area contributed by atoms with Crippen LogP contribution in [0.25, 0.3) is 0 Å². The molecule has 0 amide bonds. The average molecular weight is 314 g/mol. The lowest BCUT2D eigenvalue weighted by molar-refractivity contribution is 0.103. The molecule has 17 heavy (non-hydrogen) atoms. The van der Waals surface area contributed by atoms with Crippen molar-refractivity contribution in [2.24, 2.45) is 0 Å². The van der Waals surface area contributed by atoms with Crippen molar-refractivity contribution < 1.29 is 9.21 Å². The van der Waals surface area contributed by atoms with Crippen LogP contribution in [-0.4, -0.2) is 5.78 Å². The minimum atomic E-state index is -0.0586. The summed E-state index contributed by atoms with van der Waals surface area (Å²) in [6.45, 7) is 3.60. The molecule has 0 atom stereocenters. The van der Waals surface area contributed by atoms with Crippen LogP contribution in [0, 0.1) is 13.8 Å². The van der Waals surface area contributed by atoms with Gasteiger partial charge in [0.05, 0.1) is 10.6 Å². The van der Waals surface area contributed by atoms with E-state index >= 15 is 0 Å². The molecular weight excluding hydrogens is 303 g/mol. The molecule has 1 aromatic carbocycles. The standard InChI is InChI=1S/C13H10BrClO2/c1-7-5-10(8(2)17-7)13(16)9-3-4-12(15)11(14)6-9/h3-6H,1-2H3. The van der Waals surface area contributed by atoms with Gasteiger partial charge in [0, 0.05) is 10.0 Å². The Morgan fingerprint density at radius 3 is 2.53 bits per heavy atom. The Hall–Kier alpha value is -1.06. The number of carbonyl (C=O) groups is 1. The van der Waals surface area contributed by atoms with E-state index in [0.717, 1.165) is 5.76 Å². The lowest BCUT2D eigenvalue weighted by atomic mass is 10.0. The van der Waals surface area contributed by atoms with Crippen molar-refractivity contribution in [3.8, 4) is 0 Å². The summed E-state index contributed by atoms with van der Waals surface area (Å²) in [5.74, 6) is 1.31. The third kappa shape index (κ3) is 2.45. The number of furan rings is 1. The molecule has 0 N–H and O–H groups in total. The number of halogens is 2. The maximum absolute atomic E-state index is 12.2. The molecule has 2 rings (SSSR count). The molecular formula is C13H10BrClO2. The van der Waals surface area contributed by atoms with Gasteiger partial charge in [-0.15, -0.1) is 0 Å². The fourth-order valence-corrected chi connectivity index (χ4v) is 2.15. The zero-order chi connectivity index (χ0) is 12.6. The first kappa shape index (κ1) is 12.4. The minimum Gasteiger partial charge on any atom is -0.466 e. The number of hydrogen-bond donors (Lipinski definition) is 0. The van der Waals surface area contributed by atoms with Crippen molar-refractivity contribution in [1.29, 1.82) is 0 Å². The van der Waals surface area contributed by atoms with Gasteiger partial charge in [-0.25, -0.2) is 0 Å². The van der Waals surface area contributed by atoms with E-state index in [1.807, 2.05) is 6.92 Å². The molecule has 2 nitrogen and oxygen atoms in total. The van der Waals surface area contributed by atoms with Crippen molar-refractivity contribution in [1.82, 2.24) is 0 Å². The smallest absolute Gasteiger partial charge is 0.196 e. The van der Waals surface area contributed by atoms with Crippen LogP contribution in [0.2, 0.25) is 5.02 Å². The minimum absolute atomic E-state index is 0.0586. The molecule has 0 unspecified atom stereocenters. The zero-order valence-electron chi connectivity index (χ0n) is 9.38. The zero-order valence-corrected chi connectivity index (χ0v) is 11.7. The van der Waals surface area contributed by atoms with Crippen LogP contribution in [0.5, 0.6) is 0 Å². The Morgan fingerprint density at radius 2 is 2.00 bits per heavy atom. The molecule has 1 heterocycles. The molecule has 0 aliphatic rings. The van der Waals surface area contributed by atoms with Gasteiger partial charge in [0.15, 0.2) is 5.78 Å². The first-order valence-corrected chi connectivity index (χ1v) is 6.23. The van der Waals surface area contributed by atoms with E-state index in [4.69, 9.17) is 16.0 Å². The molecule has 0 saturated heterocycles. The van der Waals surface area contributed by atoms with E-state index in [-0.39, 0.29) is 5.78 Å². The number of ketones is 1. The molecule has 88 valence electrons. The second kappa shape index (κ2) is 4.67. The van der Waals surface area contributed by atoms with E-state index in [9.17, 15) is 4.79 Å². The molecule has 1 aromatic heterocycles. The first-order valence-electron chi connectivity index (χ1n) is 5.06. The Morgan fingerprint density at radius 1 is 1.29 bits per heavy atom. The summed E-state index contributed by atoms with van der Waals surface area (Å²) in [5.41, 5.74) is 1.18. The summed E-state index contributed by atoms with van der Waals surface area (Å²) in [7, 11) is 0. The largest absolute Gasteiger partial charge is 0.466 e. The van der Waals surface area contributed by atoms with E-state index in [1.54, 1.807) is 31.2 Å². The lowest BCUT2D eigenvalue weighted by Crippen LogP contribution is -2.01. The summed E-state index contributed by atoms with van der Waals surface area (Å²) in [6, 6.07) is 6.87. The number of hydrogen-bond acceptors (Lipinski definition) is 2. The van der Waals surface area contributed by atoms with E-state index in [1.165, 1.54) is 0 Å². The van der Waals surface area contributed by atoms with E-state index in [2.05, 4.69) is 15.9 Å². The Labute approximate surface area is 113 Å². The molecule has 2 aromatic rings. The van der Waals surface area contributed by atoms with Gasteiger partial charge in [-0.1, -0.05) is 11.6 Å².